The summed E-state index contributed by atoms with van der Waals surface area (Å²) in [5, 5.41) is 0. The van der Waals surface area contributed by atoms with Crippen molar-refractivity contribution in [2.75, 3.05) is 6.54 Å². The molecular formula is C14H24N2O2S2. The molecule has 0 radical (unpaired) electrons. The number of hydrogen-bond acceptors (Lipinski definition) is 4. The minimum Gasteiger partial charge on any atom is -0.330 e. The molecular weight excluding hydrogens is 292 g/mol. The van der Waals surface area contributed by atoms with E-state index in [9.17, 15) is 8.42 Å². The van der Waals surface area contributed by atoms with Gasteiger partial charge in [0.25, 0.3) is 0 Å². The molecule has 0 spiro atoms. The zero-order chi connectivity index (χ0) is 14.4. The van der Waals surface area contributed by atoms with Gasteiger partial charge in [-0.3, -0.25) is 0 Å². The molecule has 114 valence electrons. The maximum Gasteiger partial charge on any atom is 0.250 e. The summed E-state index contributed by atoms with van der Waals surface area (Å²) >= 11 is 1.33. The topological polar surface area (TPSA) is 72.2 Å². The molecule has 2 rings (SSSR count). The normalized spacial score (nSPS) is 18.6. The Morgan fingerprint density at radius 2 is 1.80 bits per heavy atom. The highest BCUT2D eigenvalue weighted by Crippen LogP contribution is 2.24. The first kappa shape index (κ1) is 15.9. The molecule has 20 heavy (non-hydrogen) atoms. The van der Waals surface area contributed by atoms with E-state index in [-0.39, 0.29) is 6.04 Å². The molecule has 0 saturated heterocycles. The lowest BCUT2D eigenvalue weighted by molar-refractivity contribution is 0.427. The lowest BCUT2D eigenvalue weighted by Gasteiger charge is -2.20. The Balaban J connectivity index is 2.01. The van der Waals surface area contributed by atoms with Crippen LogP contribution in [0, 0.1) is 0 Å². The molecule has 6 heteroatoms. The van der Waals surface area contributed by atoms with Crippen LogP contribution in [0.15, 0.2) is 16.3 Å². The van der Waals surface area contributed by atoms with Crippen LogP contribution in [-0.4, -0.2) is 21.0 Å². The highest BCUT2D eigenvalue weighted by molar-refractivity contribution is 7.91. The van der Waals surface area contributed by atoms with Gasteiger partial charge in [0.1, 0.15) is 4.21 Å². The fourth-order valence-corrected chi connectivity index (χ4v) is 5.32. The molecule has 0 unspecified atom stereocenters. The minimum atomic E-state index is -3.36. The quantitative estimate of drug-likeness (QED) is 0.877. The molecule has 1 aliphatic rings. The molecule has 0 atom stereocenters. The number of thiophene rings is 1. The van der Waals surface area contributed by atoms with Gasteiger partial charge in [-0.05, 0) is 37.9 Å². The van der Waals surface area contributed by atoms with E-state index in [0.717, 1.165) is 37.0 Å². The molecule has 1 fully saturated rings. The first-order valence-electron chi connectivity index (χ1n) is 7.43. The summed E-state index contributed by atoms with van der Waals surface area (Å²) < 4.78 is 28.1. The van der Waals surface area contributed by atoms with Crippen LogP contribution in [0.1, 0.15) is 49.8 Å². The fourth-order valence-electron chi connectivity index (χ4n) is 2.63. The molecule has 1 saturated carbocycles. The van der Waals surface area contributed by atoms with Crippen LogP contribution in [0.25, 0.3) is 0 Å². The number of nitrogens with two attached hydrogens (primary N) is 1. The fraction of sp³-hybridized carbons (Fsp3) is 0.714. The van der Waals surface area contributed by atoms with Crippen LogP contribution in [0.2, 0.25) is 0 Å². The second-order valence-corrected chi connectivity index (χ2v) is 8.53. The third kappa shape index (κ3) is 4.55. The van der Waals surface area contributed by atoms with Gasteiger partial charge >= 0.3 is 0 Å². The Morgan fingerprint density at radius 1 is 1.15 bits per heavy atom. The van der Waals surface area contributed by atoms with Gasteiger partial charge in [-0.15, -0.1) is 11.3 Å². The molecule has 1 aromatic rings. The van der Waals surface area contributed by atoms with Gasteiger partial charge in [0, 0.05) is 10.9 Å². The molecule has 1 aromatic heterocycles. The predicted octanol–water partition coefficient (Wildman–Crippen LogP) is 2.64. The standard InChI is InChI=1S/C14H24N2O2S2/c15-11-10-13-8-9-14(19-13)20(17,18)16-12-6-4-2-1-3-5-7-12/h8-9,12,16H,1-7,10-11,15H2. The maximum absolute atomic E-state index is 12.4. The van der Waals surface area contributed by atoms with Crippen molar-refractivity contribution in [3.05, 3.63) is 17.0 Å². The van der Waals surface area contributed by atoms with Crippen molar-refractivity contribution in [3.63, 3.8) is 0 Å². The van der Waals surface area contributed by atoms with E-state index in [1.54, 1.807) is 6.07 Å². The van der Waals surface area contributed by atoms with Gasteiger partial charge < -0.3 is 5.73 Å². The zero-order valence-electron chi connectivity index (χ0n) is 11.8. The third-order valence-corrected chi connectivity index (χ3v) is 6.88. The van der Waals surface area contributed by atoms with E-state index in [1.165, 1.54) is 30.6 Å². The van der Waals surface area contributed by atoms with Crippen LogP contribution in [0.3, 0.4) is 0 Å². The second-order valence-electron chi connectivity index (χ2n) is 5.42. The van der Waals surface area contributed by atoms with Crippen molar-refractivity contribution in [1.82, 2.24) is 4.72 Å². The van der Waals surface area contributed by atoms with Gasteiger partial charge in [0.15, 0.2) is 0 Å². The Labute approximate surface area is 125 Å². The number of sulfonamides is 1. The Morgan fingerprint density at radius 3 is 2.45 bits per heavy atom. The SMILES string of the molecule is NCCc1ccc(S(=O)(=O)NC2CCCCCCC2)s1. The van der Waals surface area contributed by atoms with E-state index in [2.05, 4.69) is 4.72 Å². The van der Waals surface area contributed by atoms with Gasteiger partial charge in [0.05, 0.1) is 0 Å². The van der Waals surface area contributed by atoms with E-state index in [4.69, 9.17) is 5.73 Å². The monoisotopic (exact) mass is 316 g/mol. The van der Waals surface area contributed by atoms with Gasteiger partial charge in [-0.2, -0.15) is 0 Å². The van der Waals surface area contributed by atoms with E-state index >= 15 is 0 Å². The van der Waals surface area contributed by atoms with Gasteiger partial charge in [-0.1, -0.05) is 32.1 Å². The van der Waals surface area contributed by atoms with E-state index < -0.39 is 10.0 Å². The molecule has 0 bridgehead atoms. The lowest BCUT2D eigenvalue weighted by Crippen LogP contribution is -2.34. The molecule has 0 amide bonds. The summed E-state index contributed by atoms with van der Waals surface area (Å²) in [6.45, 7) is 0.552. The van der Waals surface area contributed by atoms with Crippen molar-refractivity contribution >= 4 is 21.4 Å². The molecule has 0 aromatic carbocycles. The lowest BCUT2D eigenvalue weighted by atomic mass is 9.97. The van der Waals surface area contributed by atoms with Crippen LogP contribution in [-0.2, 0) is 16.4 Å². The molecule has 4 nitrogen and oxygen atoms in total. The van der Waals surface area contributed by atoms with Crippen molar-refractivity contribution in [3.8, 4) is 0 Å². The summed E-state index contributed by atoms with van der Waals surface area (Å²) in [4.78, 5) is 1.03. The minimum absolute atomic E-state index is 0.0976. The van der Waals surface area contributed by atoms with Crippen LogP contribution in [0.4, 0.5) is 0 Å². The molecule has 0 aliphatic heterocycles. The first-order chi connectivity index (χ1) is 9.62. The van der Waals surface area contributed by atoms with Crippen molar-refractivity contribution in [2.45, 2.75) is 61.6 Å². The van der Waals surface area contributed by atoms with Crippen molar-refractivity contribution < 1.29 is 8.42 Å². The number of rotatable bonds is 5. The van der Waals surface area contributed by atoms with Crippen molar-refractivity contribution in [1.29, 1.82) is 0 Å². The van der Waals surface area contributed by atoms with E-state index in [0.29, 0.717) is 10.8 Å². The van der Waals surface area contributed by atoms with Gasteiger partial charge in [-0.25, -0.2) is 13.1 Å². The van der Waals surface area contributed by atoms with Crippen LogP contribution in [0.5, 0.6) is 0 Å². The molecule has 1 heterocycles. The highest BCUT2D eigenvalue weighted by Gasteiger charge is 2.22. The average Bonchev–Trinajstić information content (AvgIpc) is 2.82. The summed E-state index contributed by atoms with van der Waals surface area (Å²) in [5.41, 5.74) is 5.50. The Kier molecular flexibility index (Phi) is 6.01. The average molecular weight is 316 g/mol. The van der Waals surface area contributed by atoms with Crippen molar-refractivity contribution in [2.24, 2.45) is 5.73 Å². The second kappa shape index (κ2) is 7.54. The van der Waals surface area contributed by atoms with Crippen LogP contribution < -0.4 is 10.5 Å². The number of hydrogen-bond donors (Lipinski definition) is 2. The Hall–Kier alpha value is -0.430. The molecule has 1 aliphatic carbocycles. The smallest absolute Gasteiger partial charge is 0.250 e. The third-order valence-electron chi connectivity index (χ3n) is 3.72. The number of nitrogens with one attached hydrogen (secondary N) is 1. The first-order valence-corrected chi connectivity index (χ1v) is 9.73. The summed E-state index contributed by atoms with van der Waals surface area (Å²) in [5.74, 6) is 0. The Bertz CT molecular complexity index is 503. The predicted molar refractivity (Wildman–Crippen MR) is 83.5 cm³/mol. The van der Waals surface area contributed by atoms with Gasteiger partial charge in [0.2, 0.25) is 10.0 Å². The summed E-state index contributed by atoms with van der Waals surface area (Å²) in [6.07, 6.45) is 8.62. The zero-order valence-corrected chi connectivity index (χ0v) is 13.4. The largest absolute Gasteiger partial charge is 0.330 e. The van der Waals surface area contributed by atoms with E-state index in [1.807, 2.05) is 6.07 Å². The summed E-state index contributed by atoms with van der Waals surface area (Å²) in [7, 11) is -3.36. The molecule has 3 N–H and O–H groups in total. The highest BCUT2D eigenvalue weighted by atomic mass is 32.2. The van der Waals surface area contributed by atoms with Crippen LogP contribution >= 0.6 is 11.3 Å². The maximum atomic E-state index is 12.4. The summed E-state index contributed by atoms with van der Waals surface area (Å²) in [6, 6.07) is 3.66.